The molecule has 30 heteroatoms. The molecule has 0 unspecified atom stereocenters. The first kappa shape index (κ1) is 76.5. The van der Waals surface area contributed by atoms with Crippen LogP contribution in [0.2, 0.25) is 0 Å². The van der Waals surface area contributed by atoms with E-state index < -0.39 is 109 Å². The molecule has 12 atom stereocenters. The summed E-state index contributed by atoms with van der Waals surface area (Å²) in [4.78, 5) is 94.1. The molecular formula is C70H70N2O28. The number of aromatic carboxylic acids is 2. The van der Waals surface area contributed by atoms with Crippen LogP contribution in [0.1, 0.15) is 57.4 Å². The molecule has 0 saturated carbocycles. The number of aliphatic hydroxyl groups excluding tert-OH is 3. The second-order valence-corrected chi connectivity index (χ2v) is 21.5. The summed E-state index contributed by atoms with van der Waals surface area (Å²) in [5.41, 5.74) is 2.27. The van der Waals surface area contributed by atoms with Crippen LogP contribution in [0.3, 0.4) is 0 Å². The second-order valence-electron chi connectivity index (χ2n) is 21.5. The van der Waals surface area contributed by atoms with Crippen molar-refractivity contribution in [2.75, 3.05) is 79.3 Å². The Hall–Kier alpha value is -10.9. The van der Waals surface area contributed by atoms with Crippen molar-refractivity contribution < 1.29 is 135 Å². The number of ether oxygens (including phenoxy) is 15. The van der Waals surface area contributed by atoms with Crippen LogP contribution >= 0.6 is 0 Å². The minimum absolute atomic E-state index is 0.0731. The summed E-state index contributed by atoms with van der Waals surface area (Å²) < 4.78 is 79.4. The lowest BCUT2D eigenvalue weighted by atomic mass is 10.1. The van der Waals surface area contributed by atoms with E-state index in [-0.39, 0.29) is 103 Å². The van der Waals surface area contributed by atoms with Gasteiger partial charge in [-0.3, -0.25) is 0 Å². The topological polar surface area (TPSA) is 404 Å². The maximum atomic E-state index is 12.6. The zero-order chi connectivity index (χ0) is 72.1. The number of carboxylic acid groups (broad SMARTS) is 2. The molecule has 5 aromatic rings. The lowest BCUT2D eigenvalue weighted by Gasteiger charge is -2.17. The first-order chi connectivity index (χ1) is 48.2. The number of fused-ring (bicyclic) bond motifs is 3. The first-order valence-electron chi connectivity index (χ1n) is 30.6. The average Bonchev–Trinajstić information content (AvgIpc) is 1.69. The molecule has 528 valence electrons. The summed E-state index contributed by atoms with van der Waals surface area (Å²) in [6.45, 7) is 18.8. The zero-order valence-corrected chi connectivity index (χ0v) is 53.3. The highest BCUT2D eigenvalue weighted by Crippen LogP contribution is 2.33. The fourth-order valence-electron chi connectivity index (χ4n) is 9.76. The summed E-state index contributed by atoms with van der Waals surface area (Å²) in [6, 6.07) is 32.5. The van der Waals surface area contributed by atoms with Gasteiger partial charge in [0.05, 0.1) is 85.7 Å². The molecule has 100 heavy (non-hydrogen) atoms. The minimum Gasteiger partial charge on any atom is -0.490 e. The van der Waals surface area contributed by atoms with E-state index in [9.17, 15) is 43.5 Å². The SMILES string of the molecule is C=CC(=O)OCCOc1ccc(C(=O)O)cc1.C=CC(=O)OCCOc1ccc(C(=O)O[C@H]2CO[C@H]3[C@@H]2OC[C@H]3O)cc1.N#Cc1ccc(C(=O)O)cc1.O[C@@H]1CO[C@H]2[C@@H]1OC[C@@H]2O.[C-]#[N+]c1ccc(C(=O)O[C@@H]2CO[C@H]3[C@@H]2OC[C@@H]3OC(=O)c2ccc(OCCOC(=O)C=C)cc2)cc1. The molecule has 5 aromatic carbocycles. The minimum atomic E-state index is -0.989. The predicted molar refractivity (Wildman–Crippen MR) is 341 cm³/mol. The van der Waals surface area contributed by atoms with Crippen LogP contribution in [0.15, 0.2) is 159 Å². The first-order valence-corrected chi connectivity index (χ1v) is 30.6. The number of carbonyl (C=O) groups is 8. The Balaban J connectivity index is 0.000000191. The third kappa shape index (κ3) is 22.9. The normalized spacial score (nSPS) is 22.8. The van der Waals surface area contributed by atoms with Gasteiger partial charge in [0.15, 0.2) is 24.0 Å². The quantitative estimate of drug-likeness (QED) is 0.0196. The van der Waals surface area contributed by atoms with Gasteiger partial charge in [-0.2, -0.15) is 5.26 Å². The van der Waals surface area contributed by atoms with Crippen LogP contribution in [-0.2, 0) is 71.2 Å². The fraction of sp³-hybridized carbons (Fsp3) is 0.343. The Kier molecular flexibility index (Phi) is 29.7. The molecule has 11 rings (SSSR count). The van der Waals surface area contributed by atoms with Gasteiger partial charge >= 0.3 is 47.8 Å². The van der Waals surface area contributed by atoms with Crippen LogP contribution in [0, 0.1) is 17.9 Å². The number of nitriles is 1. The van der Waals surface area contributed by atoms with E-state index in [1.807, 2.05) is 6.07 Å². The lowest BCUT2D eigenvalue weighted by Crippen LogP contribution is -2.36. The summed E-state index contributed by atoms with van der Waals surface area (Å²) in [6.07, 6.45) is -3.00. The average molecular weight is 1390 g/mol. The van der Waals surface area contributed by atoms with Gasteiger partial charge in [-0.15, -0.1) is 0 Å². The van der Waals surface area contributed by atoms with Gasteiger partial charge in [-0.25, -0.2) is 43.2 Å². The van der Waals surface area contributed by atoms with Gasteiger partial charge in [0.1, 0.15) is 112 Å². The smallest absolute Gasteiger partial charge is 0.338 e. The Bertz CT molecular complexity index is 3670. The van der Waals surface area contributed by atoms with Crippen molar-refractivity contribution in [3.63, 3.8) is 0 Å². The molecule has 0 aromatic heterocycles. The predicted octanol–water partition coefficient (Wildman–Crippen LogP) is 4.63. The molecule has 0 bridgehead atoms. The summed E-state index contributed by atoms with van der Waals surface area (Å²) >= 11 is 0. The van der Waals surface area contributed by atoms with Gasteiger partial charge in [-0.1, -0.05) is 44.0 Å². The molecule has 5 N–H and O–H groups in total. The standard InChI is InChI=1S/C26H23NO9.C18H20O8.C12H12O5.C8H5NO2.C6H10O4/c1-3-22(28)32-13-12-31-19-10-6-17(7-11-19)26(30)36-21-15-34-23-20(14-33-24(21)23)35-25(29)16-4-8-18(27-2)9-5-16;1-2-15(20)23-8-7-22-12-5-3-11(4-6-12)18(21)26-14-10-25-16-13(19)9-24-17(14)16;1-2-11(13)17-8-7-16-10-5-3-9(4-6-10)12(14)15;9-5-6-1-3-7(4-2-6)8(10)11;7-3-1-9-6-4(8)2-10-5(3)6/h3-11,20-21,23-24H,1,12-15H2;2-6,13-14,16-17,19H,1,7-10H2;2-6H,1,7-8H2,(H,14,15);1-4H,(H,10,11);3-8H,1-2H2/t20-,21+,23-,24-;13-,14+,16-,17-;;;3-,4+,5-,6-/m11..1/s1. The fourth-order valence-corrected chi connectivity index (χ4v) is 9.76. The van der Waals surface area contributed by atoms with Crippen molar-refractivity contribution >= 4 is 53.4 Å². The monoisotopic (exact) mass is 1390 g/mol. The Labute approximate surface area is 571 Å². The molecule has 0 spiro atoms. The van der Waals surface area contributed by atoms with E-state index in [1.165, 1.54) is 48.5 Å². The number of benzene rings is 5. The Morgan fingerprint density at radius 1 is 0.420 bits per heavy atom. The van der Waals surface area contributed by atoms with E-state index in [0.29, 0.717) is 45.2 Å². The van der Waals surface area contributed by atoms with Gasteiger partial charge in [0.25, 0.3) is 0 Å². The van der Waals surface area contributed by atoms with Crippen LogP contribution in [0.25, 0.3) is 4.85 Å². The second kappa shape index (κ2) is 38.9. The molecule has 0 aliphatic carbocycles. The molecule has 0 amide bonds. The number of carboxylic acids is 2. The highest BCUT2D eigenvalue weighted by molar-refractivity contribution is 5.91. The van der Waals surface area contributed by atoms with Crippen LogP contribution in [0.4, 0.5) is 5.69 Å². The number of esters is 6. The molecule has 6 heterocycles. The highest BCUT2D eigenvalue weighted by atomic mass is 16.7. The van der Waals surface area contributed by atoms with E-state index in [4.69, 9.17) is 103 Å². The van der Waals surface area contributed by atoms with Crippen molar-refractivity contribution in [3.05, 3.63) is 204 Å². The number of rotatable bonds is 23. The number of carbonyl (C=O) groups excluding carboxylic acids is 6. The number of hydrogen-bond acceptors (Lipinski definition) is 27. The molecule has 6 aliphatic heterocycles. The zero-order valence-electron chi connectivity index (χ0n) is 53.3. The van der Waals surface area contributed by atoms with Crippen molar-refractivity contribution in [2.45, 2.75) is 73.2 Å². The van der Waals surface area contributed by atoms with Crippen LogP contribution in [0.5, 0.6) is 17.2 Å². The molecule has 6 saturated heterocycles. The largest absolute Gasteiger partial charge is 0.490 e. The van der Waals surface area contributed by atoms with Gasteiger partial charge in [0.2, 0.25) is 0 Å². The van der Waals surface area contributed by atoms with Crippen LogP contribution in [-0.4, -0.2) is 226 Å². The van der Waals surface area contributed by atoms with Crippen molar-refractivity contribution in [1.82, 2.24) is 0 Å². The van der Waals surface area contributed by atoms with Crippen molar-refractivity contribution in [3.8, 4) is 23.3 Å². The summed E-state index contributed by atoms with van der Waals surface area (Å²) in [7, 11) is 0. The van der Waals surface area contributed by atoms with E-state index in [2.05, 4.69) is 24.6 Å². The Morgan fingerprint density at radius 3 is 1.00 bits per heavy atom. The van der Waals surface area contributed by atoms with Crippen molar-refractivity contribution in [2.24, 2.45) is 0 Å². The summed E-state index contributed by atoms with van der Waals surface area (Å²) in [5.74, 6) is -3.58. The molecule has 30 nitrogen and oxygen atoms in total. The number of nitrogens with zero attached hydrogens (tertiary/aromatic N) is 2. The molecule has 0 radical (unpaired) electrons. The maximum absolute atomic E-state index is 12.6. The molecular weight excluding hydrogens is 1320 g/mol. The third-order valence-electron chi connectivity index (χ3n) is 14.8. The van der Waals surface area contributed by atoms with E-state index in [1.54, 1.807) is 72.8 Å². The molecule has 6 fully saturated rings. The number of aliphatic hydroxyl groups is 3. The summed E-state index contributed by atoms with van der Waals surface area (Å²) in [5, 5.41) is 53.5. The number of hydrogen-bond donors (Lipinski definition) is 5. The van der Waals surface area contributed by atoms with Crippen molar-refractivity contribution in [1.29, 1.82) is 5.26 Å². The van der Waals surface area contributed by atoms with Gasteiger partial charge in [-0.05, 0) is 97.1 Å². The molecule has 6 aliphatic rings. The van der Waals surface area contributed by atoms with Crippen LogP contribution < -0.4 is 14.2 Å². The van der Waals surface area contributed by atoms with Gasteiger partial charge < -0.3 is 96.6 Å². The lowest BCUT2D eigenvalue weighted by molar-refractivity contribution is -0.139. The van der Waals surface area contributed by atoms with E-state index >= 15 is 0 Å². The highest BCUT2D eigenvalue weighted by Gasteiger charge is 2.52. The van der Waals surface area contributed by atoms with Gasteiger partial charge in [0, 0.05) is 18.2 Å². The van der Waals surface area contributed by atoms with E-state index in [0.717, 1.165) is 18.2 Å². The maximum Gasteiger partial charge on any atom is 0.338 e. The Morgan fingerprint density at radius 2 is 0.690 bits per heavy atom. The third-order valence-corrected chi connectivity index (χ3v) is 14.8.